The Morgan fingerprint density at radius 3 is 2.81 bits per heavy atom. The number of rotatable bonds is 4. The molecule has 1 aromatic heterocycles. The summed E-state index contributed by atoms with van der Waals surface area (Å²) in [5.41, 5.74) is 0. The minimum Gasteiger partial charge on any atom is -0.372 e. The van der Waals surface area contributed by atoms with E-state index in [1.165, 1.54) is 19.3 Å². The summed E-state index contributed by atoms with van der Waals surface area (Å²) in [6.45, 7) is 3.36. The van der Waals surface area contributed by atoms with E-state index in [2.05, 4.69) is 27.5 Å². The molecule has 2 unspecified atom stereocenters. The van der Waals surface area contributed by atoms with Gasteiger partial charge in [-0.3, -0.25) is 4.98 Å². The Morgan fingerprint density at radius 2 is 2.12 bits per heavy atom. The second-order valence-corrected chi connectivity index (χ2v) is 4.59. The average Bonchev–Trinajstić information content (AvgIpc) is 2.72. The largest absolute Gasteiger partial charge is 0.372 e. The van der Waals surface area contributed by atoms with E-state index < -0.39 is 0 Å². The first-order valence-corrected chi connectivity index (χ1v) is 6.03. The molecular weight excluding hydrogens is 200 g/mol. The number of nitrogens with one attached hydrogen (secondary N) is 2. The lowest BCUT2D eigenvalue weighted by atomic mass is 9.98. The van der Waals surface area contributed by atoms with E-state index in [9.17, 15) is 0 Å². The molecule has 2 rings (SSSR count). The van der Waals surface area contributed by atoms with Crippen LogP contribution in [0.2, 0.25) is 0 Å². The predicted molar refractivity (Wildman–Crippen MR) is 66.6 cm³/mol. The zero-order valence-corrected chi connectivity index (χ0v) is 10.0. The minimum absolute atomic E-state index is 0.792. The van der Waals surface area contributed by atoms with E-state index in [0.29, 0.717) is 0 Å². The molecule has 1 heterocycles. The van der Waals surface area contributed by atoms with Crippen molar-refractivity contribution in [1.82, 2.24) is 9.97 Å². The first kappa shape index (κ1) is 11.2. The van der Waals surface area contributed by atoms with Gasteiger partial charge in [0.2, 0.25) is 0 Å². The van der Waals surface area contributed by atoms with Crippen LogP contribution in [0.25, 0.3) is 0 Å². The van der Waals surface area contributed by atoms with Gasteiger partial charge in [-0.05, 0) is 18.3 Å². The summed E-state index contributed by atoms with van der Waals surface area (Å²) in [5.74, 6) is 3.31. The second-order valence-electron chi connectivity index (χ2n) is 4.59. The Bertz CT molecular complexity index is 340. The van der Waals surface area contributed by atoms with Crippen LogP contribution in [0.4, 0.5) is 11.6 Å². The Balaban J connectivity index is 1.88. The molecule has 2 N–H and O–H groups in total. The lowest BCUT2D eigenvalue weighted by molar-refractivity contribution is 0.439. The molecule has 0 saturated heterocycles. The summed E-state index contributed by atoms with van der Waals surface area (Å²) in [4.78, 5) is 8.52. The Labute approximate surface area is 96.9 Å². The molecule has 1 fully saturated rings. The van der Waals surface area contributed by atoms with Crippen molar-refractivity contribution in [1.29, 1.82) is 0 Å². The van der Waals surface area contributed by atoms with Crippen LogP contribution in [0, 0.1) is 11.8 Å². The maximum atomic E-state index is 4.39. The first-order valence-electron chi connectivity index (χ1n) is 6.03. The first-order chi connectivity index (χ1) is 7.79. The van der Waals surface area contributed by atoms with Gasteiger partial charge in [0.25, 0.3) is 0 Å². The third kappa shape index (κ3) is 2.62. The Morgan fingerprint density at radius 1 is 1.31 bits per heavy atom. The molecule has 4 heteroatoms. The van der Waals surface area contributed by atoms with Crippen molar-refractivity contribution in [2.75, 3.05) is 24.2 Å². The highest BCUT2D eigenvalue weighted by atomic mass is 15.1. The van der Waals surface area contributed by atoms with Gasteiger partial charge >= 0.3 is 0 Å². The molecule has 1 aliphatic carbocycles. The lowest BCUT2D eigenvalue weighted by Gasteiger charge is -2.16. The van der Waals surface area contributed by atoms with Crippen LogP contribution < -0.4 is 10.6 Å². The number of aromatic nitrogens is 2. The third-order valence-electron chi connectivity index (χ3n) is 3.48. The summed E-state index contributed by atoms with van der Waals surface area (Å²) < 4.78 is 0. The summed E-state index contributed by atoms with van der Waals surface area (Å²) in [7, 11) is 1.85. The van der Waals surface area contributed by atoms with Crippen LogP contribution in [0.15, 0.2) is 12.4 Å². The normalized spacial score (nSPS) is 24.4. The van der Waals surface area contributed by atoms with Crippen molar-refractivity contribution in [3.05, 3.63) is 12.4 Å². The zero-order valence-electron chi connectivity index (χ0n) is 10.0. The molecule has 2 atom stereocenters. The molecule has 16 heavy (non-hydrogen) atoms. The molecule has 1 aliphatic rings. The van der Waals surface area contributed by atoms with Crippen molar-refractivity contribution in [2.45, 2.75) is 26.2 Å². The molecule has 0 radical (unpaired) electrons. The summed E-state index contributed by atoms with van der Waals surface area (Å²) >= 11 is 0. The zero-order chi connectivity index (χ0) is 11.4. The molecule has 4 nitrogen and oxygen atoms in total. The van der Waals surface area contributed by atoms with E-state index in [0.717, 1.165) is 30.0 Å². The molecule has 0 aromatic carbocycles. The summed E-state index contributed by atoms with van der Waals surface area (Å²) in [6, 6.07) is 0. The molecular formula is C12H20N4. The van der Waals surface area contributed by atoms with Gasteiger partial charge in [-0.15, -0.1) is 0 Å². The number of nitrogens with zero attached hydrogens (tertiary/aromatic N) is 2. The maximum absolute atomic E-state index is 4.39. The Hall–Kier alpha value is -1.32. The average molecular weight is 220 g/mol. The molecule has 0 bridgehead atoms. The van der Waals surface area contributed by atoms with E-state index in [4.69, 9.17) is 0 Å². The van der Waals surface area contributed by atoms with Crippen molar-refractivity contribution < 1.29 is 0 Å². The minimum atomic E-state index is 0.792. The van der Waals surface area contributed by atoms with Crippen LogP contribution in [-0.4, -0.2) is 23.6 Å². The van der Waals surface area contributed by atoms with E-state index in [-0.39, 0.29) is 0 Å². The monoisotopic (exact) mass is 220 g/mol. The standard InChI is InChI=1S/C12H20N4/c1-9-4-3-5-10(9)6-15-12-8-14-7-11(13-2)16-12/h7-10H,3-6H2,1-2H3,(H2,13,15,16). The highest BCUT2D eigenvalue weighted by Crippen LogP contribution is 2.31. The van der Waals surface area contributed by atoms with E-state index in [1.54, 1.807) is 12.4 Å². The number of hydrogen-bond donors (Lipinski definition) is 2. The predicted octanol–water partition coefficient (Wildman–Crippen LogP) is 2.37. The van der Waals surface area contributed by atoms with Crippen molar-refractivity contribution in [3.63, 3.8) is 0 Å². The SMILES string of the molecule is CNc1cncc(NCC2CCCC2C)n1. The van der Waals surface area contributed by atoms with Gasteiger partial charge in [0.15, 0.2) is 0 Å². The number of anilines is 2. The summed E-state index contributed by atoms with van der Waals surface area (Å²) in [6.07, 6.45) is 7.58. The van der Waals surface area contributed by atoms with Crippen molar-refractivity contribution in [2.24, 2.45) is 11.8 Å². The van der Waals surface area contributed by atoms with Crippen LogP contribution in [0.1, 0.15) is 26.2 Å². The van der Waals surface area contributed by atoms with E-state index >= 15 is 0 Å². The fraction of sp³-hybridized carbons (Fsp3) is 0.667. The van der Waals surface area contributed by atoms with Crippen molar-refractivity contribution >= 4 is 11.6 Å². The molecule has 0 aliphatic heterocycles. The lowest BCUT2D eigenvalue weighted by Crippen LogP contribution is -2.17. The van der Waals surface area contributed by atoms with Crippen molar-refractivity contribution in [3.8, 4) is 0 Å². The van der Waals surface area contributed by atoms with E-state index in [1.807, 2.05) is 7.05 Å². The van der Waals surface area contributed by atoms with Crippen LogP contribution in [0.3, 0.4) is 0 Å². The Kier molecular flexibility index (Phi) is 3.59. The van der Waals surface area contributed by atoms with Crippen LogP contribution in [-0.2, 0) is 0 Å². The fourth-order valence-electron chi connectivity index (χ4n) is 2.33. The van der Waals surface area contributed by atoms with Crippen LogP contribution in [0.5, 0.6) is 0 Å². The third-order valence-corrected chi connectivity index (χ3v) is 3.48. The molecule has 0 spiro atoms. The number of hydrogen-bond acceptors (Lipinski definition) is 4. The quantitative estimate of drug-likeness (QED) is 0.818. The smallest absolute Gasteiger partial charge is 0.146 e. The van der Waals surface area contributed by atoms with Crippen LogP contribution >= 0.6 is 0 Å². The van der Waals surface area contributed by atoms with Gasteiger partial charge in [-0.2, -0.15) is 0 Å². The highest BCUT2D eigenvalue weighted by molar-refractivity contribution is 5.40. The van der Waals surface area contributed by atoms with Gasteiger partial charge in [0.1, 0.15) is 11.6 Å². The molecule has 1 saturated carbocycles. The highest BCUT2D eigenvalue weighted by Gasteiger charge is 2.22. The topological polar surface area (TPSA) is 49.8 Å². The summed E-state index contributed by atoms with van der Waals surface area (Å²) in [5, 5.41) is 6.37. The van der Waals surface area contributed by atoms with Gasteiger partial charge in [-0.1, -0.05) is 19.8 Å². The van der Waals surface area contributed by atoms with Gasteiger partial charge in [0.05, 0.1) is 12.4 Å². The van der Waals surface area contributed by atoms with Gasteiger partial charge in [-0.25, -0.2) is 4.98 Å². The fourth-order valence-corrected chi connectivity index (χ4v) is 2.33. The van der Waals surface area contributed by atoms with Gasteiger partial charge in [0, 0.05) is 13.6 Å². The second kappa shape index (κ2) is 5.14. The molecule has 1 aromatic rings. The maximum Gasteiger partial charge on any atom is 0.146 e. The van der Waals surface area contributed by atoms with Gasteiger partial charge < -0.3 is 10.6 Å². The molecule has 0 amide bonds. The molecule has 88 valence electrons.